The summed E-state index contributed by atoms with van der Waals surface area (Å²) in [5, 5.41) is 9.99. The Hall–Kier alpha value is -1.61. The standard InChI is InChI=1S/C15H19NO2/c1-10-7-11(2)15-13(12(3)18)9-16(5-4-6-17)14(15)8-10/h7-9,17H,4-6H2,1-3H3. The summed E-state index contributed by atoms with van der Waals surface area (Å²) in [4.78, 5) is 11.7. The summed E-state index contributed by atoms with van der Waals surface area (Å²) in [5.41, 5.74) is 4.20. The third-order valence-electron chi connectivity index (χ3n) is 3.26. The van der Waals surface area contributed by atoms with E-state index in [4.69, 9.17) is 5.11 Å². The topological polar surface area (TPSA) is 42.2 Å². The summed E-state index contributed by atoms with van der Waals surface area (Å²) in [6.45, 7) is 6.61. The number of hydrogen-bond acceptors (Lipinski definition) is 2. The van der Waals surface area contributed by atoms with Crippen LogP contribution in [0.2, 0.25) is 0 Å². The molecule has 3 nitrogen and oxygen atoms in total. The number of aromatic nitrogens is 1. The van der Waals surface area contributed by atoms with E-state index >= 15 is 0 Å². The van der Waals surface area contributed by atoms with E-state index in [1.807, 2.05) is 13.1 Å². The predicted molar refractivity (Wildman–Crippen MR) is 73.1 cm³/mol. The number of aliphatic hydroxyl groups is 1. The third-order valence-corrected chi connectivity index (χ3v) is 3.26. The lowest BCUT2D eigenvalue weighted by atomic mass is 10.0. The fraction of sp³-hybridized carbons (Fsp3) is 0.400. The first-order valence-electron chi connectivity index (χ1n) is 6.26. The largest absolute Gasteiger partial charge is 0.396 e. The number of ketones is 1. The molecule has 18 heavy (non-hydrogen) atoms. The number of carbonyl (C=O) groups excluding carboxylic acids is 1. The van der Waals surface area contributed by atoms with Crippen LogP contribution < -0.4 is 0 Å². The Morgan fingerprint density at radius 1 is 1.33 bits per heavy atom. The van der Waals surface area contributed by atoms with E-state index in [-0.39, 0.29) is 12.4 Å². The summed E-state index contributed by atoms with van der Waals surface area (Å²) < 4.78 is 2.07. The SMILES string of the molecule is CC(=O)c1cn(CCCO)c2cc(C)cc(C)c12. The summed E-state index contributed by atoms with van der Waals surface area (Å²) in [6.07, 6.45) is 2.61. The minimum absolute atomic E-state index is 0.0923. The van der Waals surface area contributed by atoms with E-state index in [1.54, 1.807) is 6.92 Å². The second-order valence-corrected chi connectivity index (χ2v) is 4.85. The fourth-order valence-corrected chi connectivity index (χ4v) is 2.51. The van der Waals surface area contributed by atoms with Gasteiger partial charge >= 0.3 is 0 Å². The van der Waals surface area contributed by atoms with Gasteiger partial charge in [0.1, 0.15) is 0 Å². The summed E-state index contributed by atoms with van der Waals surface area (Å²) in [7, 11) is 0. The van der Waals surface area contributed by atoms with E-state index in [9.17, 15) is 4.79 Å². The molecule has 0 saturated carbocycles. The quantitative estimate of drug-likeness (QED) is 0.842. The maximum Gasteiger partial charge on any atom is 0.161 e. The van der Waals surface area contributed by atoms with Crippen molar-refractivity contribution in [3.63, 3.8) is 0 Å². The molecule has 0 aliphatic carbocycles. The van der Waals surface area contributed by atoms with Gasteiger partial charge in [0, 0.05) is 35.8 Å². The number of nitrogens with zero attached hydrogens (tertiary/aromatic N) is 1. The summed E-state index contributed by atoms with van der Waals surface area (Å²) in [6, 6.07) is 4.21. The Kier molecular flexibility index (Phi) is 3.53. The average Bonchev–Trinajstić information content (AvgIpc) is 2.65. The molecular weight excluding hydrogens is 226 g/mol. The minimum Gasteiger partial charge on any atom is -0.396 e. The number of fused-ring (bicyclic) bond motifs is 1. The van der Waals surface area contributed by atoms with E-state index in [0.29, 0.717) is 6.42 Å². The minimum atomic E-state index is 0.0923. The van der Waals surface area contributed by atoms with Gasteiger partial charge in [0.25, 0.3) is 0 Å². The lowest BCUT2D eigenvalue weighted by molar-refractivity contribution is 0.101. The van der Waals surface area contributed by atoms with Gasteiger partial charge in [0.05, 0.1) is 0 Å². The molecule has 0 bridgehead atoms. The molecule has 1 aromatic heterocycles. The molecular formula is C15H19NO2. The molecule has 0 aliphatic rings. The van der Waals surface area contributed by atoms with Gasteiger partial charge in [0.2, 0.25) is 0 Å². The molecule has 2 aromatic rings. The number of Topliss-reactive ketones (excluding diaryl/α,β-unsaturated/α-hetero) is 1. The average molecular weight is 245 g/mol. The van der Waals surface area contributed by atoms with Crippen LogP contribution in [0, 0.1) is 13.8 Å². The zero-order valence-electron chi connectivity index (χ0n) is 11.2. The van der Waals surface area contributed by atoms with Crippen molar-refractivity contribution in [2.45, 2.75) is 33.7 Å². The molecule has 1 heterocycles. The molecule has 0 spiro atoms. The predicted octanol–water partition coefficient (Wildman–Crippen LogP) is 2.84. The molecule has 1 aromatic carbocycles. The normalized spacial score (nSPS) is 11.1. The Bertz CT molecular complexity index is 596. The van der Waals surface area contributed by atoms with Crippen molar-refractivity contribution in [2.75, 3.05) is 6.61 Å². The third kappa shape index (κ3) is 2.18. The van der Waals surface area contributed by atoms with Crippen LogP contribution in [-0.4, -0.2) is 22.1 Å². The van der Waals surface area contributed by atoms with Crippen molar-refractivity contribution in [2.24, 2.45) is 0 Å². The van der Waals surface area contributed by atoms with Gasteiger partial charge in [0.15, 0.2) is 5.78 Å². The van der Waals surface area contributed by atoms with Crippen LogP contribution in [0.1, 0.15) is 34.8 Å². The van der Waals surface area contributed by atoms with Crippen molar-refractivity contribution in [1.82, 2.24) is 4.57 Å². The first-order valence-corrected chi connectivity index (χ1v) is 6.26. The van der Waals surface area contributed by atoms with Crippen LogP contribution in [0.4, 0.5) is 0 Å². The number of hydrogen-bond donors (Lipinski definition) is 1. The van der Waals surface area contributed by atoms with Gasteiger partial charge in [-0.05, 0) is 44.4 Å². The van der Waals surface area contributed by atoms with Gasteiger partial charge in [-0.25, -0.2) is 0 Å². The van der Waals surface area contributed by atoms with Crippen molar-refractivity contribution in [3.8, 4) is 0 Å². The zero-order chi connectivity index (χ0) is 13.3. The molecule has 2 rings (SSSR count). The van der Waals surface area contributed by atoms with Crippen LogP contribution in [-0.2, 0) is 6.54 Å². The first-order chi connectivity index (χ1) is 8.54. The molecule has 0 aliphatic heterocycles. The van der Waals surface area contributed by atoms with Crippen molar-refractivity contribution in [3.05, 3.63) is 35.0 Å². The maximum absolute atomic E-state index is 11.7. The number of aryl methyl sites for hydroxylation is 3. The molecule has 0 fully saturated rings. The van der Waals surface area contributed by atoms with Gasteiger partial charge in [-0.1, -0.05) is 6.07 Å². The molecule has 0 unspecified atom stereocenters. The lowest BCUT2D eigenvalue weighted by Crippen LogP contribution is -1.98. The van der Waals surface area contributed by atoms with Crippen LogP contribution in [0.15, 0.2) is 18.3 Å². The van der Waals surface area contributed by atoms with Crippen LogP contribution in [0.25, 0.3) is 10.9 Å². The Morgan fingerprint density at radius 3 is 2.67 bits per heavy atom. The van der Waals surface area contributed by atoms with Crippen molar-refractivity contribution >= 4 is 16.7 Å². The van der Waals surface area contributed by atoms with Gasteiger partial charge in [-0.3, -0.25) is 4.79 Å². The monoisotopic (exact) mass is 245 g/mol. The highest BCUT2D eigenvalue weighted by Crippen LogP contribution is 2.27. The molecule has 0 radical (unpaired) electrons. The Labute approximate surface area is 107 Å². The molecule has 3 heteroatoms. The van der Waals surface area contributed by atoms with E-state index in [1.165, 1.54) is 5.56 Å². The highest BCUT2D eigenvalue weighted by atomic mass is 16.3. The number of aliphatic hydroxyl groups excluding tert-OH is 1. The second-order valence-electron chi connectivity index (χ2n) is 4.85. The van der Waals surface area contributed by atoms with Crippen LogP contribution >= 0.6 is 0 Å². The van der Waals surface area contributed by atoms with Gasteiger partial charge in [-0.2, -0.15) is 0 Å². The van der Waals surface area contributed by atoms with Crippen LogP contribution in [0.5, 0.6) is 0 Å². The van der Waals surface area contributed by atoms with Crippen molar-refractivity contribution in [1.29, 1.82) is 0 Å². The van der Waals surface area contributed by atoms with Crippen molar-refractivity contribution < 1.29 is 9.90 Å². The first kappa shape index (κ1) is 12.8. The molecule has 0 amide bonds. The molecule has 96 valence electrons. The Balaban J connectivity index is 2.68. The number of benzene rings is 1. The Morgan fingerprint density at radius 2 is 2.06 bits per heavy atom. The van der Waals surface area contributed by atoms with Crippen LogP contribution in [0.3, 0.4) is 0 Å². The zero-order valence-corrected chi connectivity index (χ0v) is 11.2. The van der Waals surface area contributed by atoms with E-state index in [0.717, 1.165) is 28.6 Å². The highest BCUT2D eigenvalue weighted by molar-refractivity contribution is 6.08. The number of carbonyl (C=O) groups is 1. The molecule has 1 N–H and O–H groups in total. The molecule has 0 saturated heterocycles. The molecule has 0 atom stereocenters. The highest BCUT2D eigenvalue weighted by Gasteiger charge is 2.14. The summed E-state index contributed by atoms with van der Waals surface area (Å²) in [5.74, 6) is 0.0923. The second kappa shape index (κ2) is 4.94. The van der Waals surface area contributed by atoms with Gasteiger partial charge in [-0.15, -0.1) is 0 Å². The smallest absolute Gasteiger partial charge is 0.161 e. The number of rotatable bonds is 4. The maximum atomic E-state index is 11.7. The van der Waals surface area contributed by atoms with E-state index < -0.39 is 0 Å². The lowest BCUT2D eigenvalue weighted by Gasteiger charge is -2.06. The van der Waals surface area contributed by atoms with Gasteiger partial charge < -0.3 is 9.67 Å². The van der Waals surface area contributed by atoms with E-state index in [2.05, 4.69) is 23.6 Å². The summed E-state index contributed by atoms with van der Waals surface area (Å²) >= 11 is 0. The fourth-order valence-electron chi connectivity index (χ4n) is 2.51.